The van der Waals surface area contributed by atoms with Crippen LogP contribution in [0.25, 0.3) is 0 Å². The van der Waals surface area contributed by atoms with Gasteiger partial charge in [-0.15, -0.1) is 0 Å². The number of carbonyl (C=O) groups excluding carboxylic acids is 3. The zero-order valence-electron chi connectivity index (χ0n) is 16.4. The summed E-state index contributed by atoms with van der Waals surface area (Å²) in [5.41, 5.74) is 5.39. The zero-order valence-corrected chi connectivity index (χ0v) is 16.4. The summed E-state index contributed by atoms with van der Waals surface area (Å²) >= 11 is 0. The second kappa shape index (κ2) is 8.16. The minimum atomic E-state index is -0.705. The van der Waals surface area contributed by atoms with Crippen LogP contribution in [0.5, 0.6) is 11.5 Å². The van der Waals surface area contributed by atoms with Crippen LogP contribution in [0.15, 0.2) is 54.6 Å². The number of rotatable bonds is 6. The Morgan fingerprint density at radius 2 is 1.77 bits per heavy atom. The van der Waals surface area contributed by atoms with Gasteiger partial charge in [0, 0.05) is 18.4 Å². The van der Waals surface area contributed by atoms with Gasteiger partial charge in [-0.3, -0.25) is 14.4 Å². The standard InChI is InChI=1S/C22H23N3O5/c23-20(27)18-12-22(10-11-29-22)14-25(18)19(26)13-24-21(28)15-6-8-17(9-7-15)30-16-4-2-1-3-5-16/h1-9,18H,10-14H2,(H2,23,27)(H,24,28). The van der Waals surface area contributed by atoms with Gasteiger partial charge in [-0.05, 0) is 36.4 Å². The normalized spacial score (nSPS) is 22.4. The Morgan fingerprint density at radius 1 is 1.10 bits per heavy atom. The van der Waals surface area contributed by atoms with Crippen LogP contribution in [0.3, 0.4) is 0 Å². The lowest BCUT2D eigenvalue weighted by molar-refractivity contribution is -0.145. The maximum Gasteiger partial charge on any atom is 0.251 e. The topological polar surface area (TPSA) is 111 Å². The molecule has 0 aliphatic carbocycles. The summed E-state index contributed by atoms with van der Waals surface area (Å²) in [4.78, 5) is 38.2. The Balaban J connectivity index is 1.32. The molecule has 30 heavy (non-hydrogen) atoms. The van der Waals surface area contributed by atoms with Gasteiger partial charge in [-0.2, -0.15) is 0 Å². The Morgan fingerprint density at radius 3 is 2.37 bits per heavy atom. The first kappa shape index (κ1) is 19.9. The minimum absolute atomic E-state index is 0.221. The van der Waals surface area contributed by atoms with Crippen molar-refractivity contribution in [2.24, 2.45) is 5.73 Å². The fourth-order valence-electron chi connectivity index (χ4n) is 3.80. The number of benzene rings is 2. The first-order valence-electron chi connectivity index (χ1n) is 9.80. The van der Waals surface area contributed by atoms with Crippen molar-refractivity contribution in [3.63, 3.8) is 0 Å². The number of ether oxygens (including phenoxy) is 2. The molecule has 2 aliphatic heterocycles. The summed E-state index contributed by atoms with van der Waals surface area (Å²) in [6.45, 7) is 0.718. The molecule has 2 saturated heterocycles. The van der Waals surface area contributed by atoms with Crippen LogP contribution in [0.1, 0.15) is 23.2 Å². The summed E-state index contributed by atoms with van der Waals surface area (Å²) in [5, 5.41) is 2.60. The van der Waals surface area contributed by atoms with Gasteiger partial charge in [0.05, 0.1) is 25.3 Å². The Kier molecular flexibility index (Phi) is 5.41. The van der Waals surface area contributed by atoms with Crippen molar-refractivity contribution in [3.05, 3.63) is 60.2 Å². The molecule has 2 atom stereocenters. The average molecular weight is 409 g/mol. The molecule has 8 nitrogen and oxygen atoms in total. The average Bonchev–Trinajstić information content (AvgIpc) is 3.15. The molecular weight excluding hydrogens is 386 g/mol. The predicted octanol–water partition coefficient (Wildman–Crippen LogP) is 1.45. The molecule has 8 heteroatoms. The van der Waals surface area contributed by atoms with E-state index in [1.807, 2.05) is 30.3 Å². The van der Waals surface area contributed by atoms with E-state index in [0.29, 0.717) is 36.6 Å². The molecule has 2 aromatic carbocycles. The molecule has 2 heterocycles. The van der Waals surface area contributed by atoms with Crippen molar-refractivity contribution >= 4 is 17.7 Å². The molecule has 0 bridgehead atoms. The Labute approximate surface area is 173 Å². The third-order valence-electron chi connectivity index (χ3n) is 5.51. The second-order valence-electron chi connectivity index (χ2n) is 7.55. The number of carbonyl (C=O) groups is 3. The van der Waals surface area contributed by atoms with Crippen molar-refractivity contribution in [2.45, 2.75) is 24.5 Å². The van der Waals surface area contributed by atoms with Gasteiger partial charge in [-0.25, -0.2) is 0 Å². The van der Waals surface area contributed by atoms with E-state index in [9.17, 15) is 14.4 Å². The number of hydrogen-bond acceptors (Lipinski definition) is 5. The fourth-order valence-corrected chi connectivity index (χ4v) is 3.80. The van der Waals surface area contributed by atoms with Crippen LogP contribution < -0.4 is 15.8 Å². The first-order chi connectivity index (χ1) is 14.5. The van der Waals surface area contributed by atoms with Gasteiger partial charge in [0.2, 0.25) is 11.8 Å². The molecule has 0 aromatic heterocycles. The quantitative estimate of drug-likeness (QED) is 0.750. The largest absolute Gasteiger partial charge is 0.457 e. The van der Waals surface area contributed by atoms with Crippen molar-refractivity contribution in [2.75, 3.05) is 19.7 Å². The molecule has 0 radical (unpaired) electrons. The lowest BCUT2D eigenvalue weighted by Gasteiger charge is -2.38. The molecule has 0 saturated carbocycles. The molecule has 156 valence electrons. The number of likely N-dealkylation sites (tertiary alicyclic amines) is 1. The minimum Gasteiger partial charge on any atom is -0.457 e. The maximum absolute atomic E-state index is 12.6. The number of amides is 3. The van der Waals surface area contributed by atoms with Gasteiger partial charge >= 0.3 is 0 Å². The summed E-state index contributed by atoms with van der Waals surface area (Å²) < 4.78 is 11.3. The summed E-state index contributed by atoms with van der Waals surface area (Å²) in [5.74, 6) is -0.0113. The van der Waals surface area contributed by atoms with E-state index in [4.69, 9.17) is 15.2 Å². The number of para-hydroxylation sites is 1. The third kappa shape index (κ3) is 4.13. The van der Waals surface area contributed by atoms with Crippen molar-refractivity contribution in [3.8, 4) is 11.5 Å². The van der Waals surface area contributed by atoms with E-state index in [-0.39, 0.29) is 18.4 Å². The fraction of sp³-hybridized carbons (Fsp3) is 0.318. The zero-order chi connectivity index (χ0) is 21.1. The molecule has 2 aromatic rings. The van der Waals surface area contributed by atoms with Crippen molar-refractivity contribution in [1.29, 1.82) is 0 Å². The van der Waals surface area contributed by atoms with Crippen LogP contribution in [0, 0.1) is 0 Å². The summed E-state index contributed by atoms with van der Waals surface area (Å²) in [6.07, 6.45) is 1.20. The highest BCUT2D eigenvalue weighted by Gasteiger charge is 2.52. The maximum atomic E-state index is 12.6. The molecule has 2 aliphatic rings. The highest BCUT2D eigenvalue weighted by Crippen LogP contribution is 2.39. The van der Waals surface area contributed by atoms with E-state index in [0.717, 1.165) is 6.42 Å². The Bertz CT molecular complexity index is 941. The third-order valence-corrected chi connectivity index (χ3v) is 5.51. The molecule has 3 amide bonds. The molecule has 2 unspecified atom stereocenters. The smallest absolute Gasteiger partial charge is 0.251 e. The second-order valence-corrected chi connectivity index (χ2v) is 7.55. The summed E-state index contributed by atoms with van der Waals surface area (Å²) in [6, 6.07) is 15.2. The number of nitrogens with two attached hydrogens (primary N) is 1. The molecule has 1 spiro atoms. The lowest BCUT2D eigenvalue weighted by atomic mass is 9.92. The predicted molar refractivity (Wildman–Crippen MR) is 108 cm³/mol. The first-order valence-corrected chi connectivity index (χ1v) is 9.80. The molecule has 2 fully saturated rings. The van der Waals surface area contributed by atoms with E-state index in [1.54, 1.807) is 24.3 Å². The van der Waals surface area contributed by atoms with Crippen molar-refractivity contribution in [1.82, 2.24) is 10.2 Å². The van der Waals surface area contributed by atoms with Gasteiger partial charge in [0.1, 0.15) is 17.5 Å². The van der Waals surface area contributed by atoms with Gasteiger partial charge < -0.3 is 25.4 Å². The Hall–Kier alpha value is -3.39. The van der Waals surface area contributed by atoms with Gasteiger partial charge in [0.15, 0.2) is 0 Å². The van der Waals surface area contributed by atoms with Crippen LogP contribution in [-0.2, 0) is 14.3 Å². The SMILES string of the molecule is NC(=O)C1CC2(CCO2)CN1C(=O)CNC(=O)c1ccc(Oc2ccccc2)cc1. The van der Waals surface area contributed by atoms with Crippen LogP contribution in [0.4, 0.5) is 0 Å². The van der Waals surface area contributed by atoms with Gasteiger partial charge in [0.25, 0.3) is 5.91 Å². The monoisotopic (exact) mass is 409 g/mol. The van der Waals surface area contributed by atoms with Gasteiger partial charge in [-0.1, -0.05) is 18.2 Å². The summed E-state index contributed by atoms with van der Waals surface area (Å²) in [7, 11) is 0. The van der Waals surface area contributed by atoms with Crippen molar-refractivity contribution < 1.29 is 23.9 Å². The van der Waals surface area contributed by atoms with E-state index in [1.165, 1.54) is 4.90 Å². The van der Waals surface area contributed by atoms with E-state index < -0.39 is 17.6 Å². The highest BCUT2D eigenvalue weighted by molar-refractivity contribution is 5.97. The molecular formula is C22H23N3O5. The molecule has 3 N–H and O–H groups in total. The number of primary amides is 1. The highest BCUT2D eigenvalue weighted by atomic mass is 16.5. The molecule has 4 rings (SSSR count). The lowest BCUT2D eigenvalue weighted by Crippen LogP contribution is -2.49. The number of hydrogen-bond donors (Lipinski definition) is 2. The van der Waals surface area contributed by atoms with Crippen LogP contribution >= 0.6 is 0 Å². The van der Waals surface area contributed by atoms with Crippen LogP contribution in [0.2, 0.25) is 0 Å². The van der Waals surface area contributed by atoms with E-state index >= 15 is 0 Å². The number of nitrogens with zero attached hydrogens (tertiary/aromatic N) is 1. The van der Waals surface area contributed by atoms with Crippen LogP contribution in [-0.4, -0.2) is 54.0 Å². The number of nitrogens with one attached hydrogen (secondary N) is 1. The van der Waals surface area contributed by atoms with E-state index in [2.05, 4.69) is 5.32 Å².